The molecule has 2 aromatic carbocycles. The summed E-state index contributed by atoms with van der Waals surface area (Å²) < 4.78 is 0. The quantitative estimate of drug-likeness (QED) is 0.822. The van der Waals surface area contributed by atoms with Gasteiger partial charge in [0.25, 0.3) is 0 Å². The van der Waals surface area contributed by atoms with Crippen LogP contribution in [-0.4, -0.2) is 5.11 Å². The highest BCUT2D eigenvalue weighted by atomic mass is 16.3. The van der Waals surface area contributed by atoms with Gasteiger partial charge in [-0.25, -0.2) is 5.11 Å². The number of aliphatic hydroxyl groups is 1. The van der Waals surface area contributed by atoms with Crippen LogP contribution in [0.1, 0.15) is 11.1 Å². The lowest BCUT2D eigenvalue weighted by Gasteiger charge is -1.89. The van der Waals surface area contributed by atoms with Gasteiger partial charge in [0.1, 0.15) is 6.61 Å². The van der Waals surface area contributed by atoms with Gasteiger partial charge in [0, 0.05) is 0 Å². The highest BCUT2D eigenvalue weighted by Crippen LogP contribution is 1.96. The van der Waals surface area contributed by atoms with Gasteiger partial charge in [0.2, 0.25) is 0 Å². The molecule has 1 radical (unpaired) electrons. The van der Waals surface area contributed by atoms with Gasteiger partial charge in [-0.1, -0.05) is 60.7 Å². The molecular weight excluding hydrogens is 200 g/mol. The maximum Gasteiger partial charge on any atom is 0.107 e. The average Bonchev–Trinajstić information content (AvgIpc) is 2.41. The minimum Gasteiger partial charge on any atom is -0.392 e. The van der Waals surface area contributed by atoms with Gasteiger partial charge in [-0.15, -0.1) is 0 Å². The van der Waals surface area contributed by atoms with Crippen LogP contribution < -0.4 is 0 Å². The molecule has 0 bridgehead atoms. The lowest BCUT2D eigenvalue weighted by molar-refractivity contribution is 0.177. The molecule has 0 aliphatic rings. The Hall–Kier alpha value is -1.64. The van der Waals surface area contributed by atoms with Crippen molar-refractivity contribution in [2.45, 2.75) is 13.2 Å². The number of rotatable bonds is 2. The van der Waals surface area contributed by atoms with Crippen molar-refractivity contribution >= 4 is 0 Å². The maximum atomic E-state index is 10.1. The summed E-state index contributed by atoms with van der Waals surface area (Å²) in [5.41, 5.74) is 1.82. The molecule has 0 atom stereocenters. The second-order valence-corrected chi connectivity index (χ2v) is 3.27. The molecule has 2 aromatic rings. The Morgan fingerprint density at radius 1 is 0.750 bits per heavy atom. The Bertz CT molecular complexity index is 331. The molecule has 0 spiro atoms. The summed E-state index contributed by atoms with van der Waals surface area (Å²) in [5, 5.41) is 18.7. The average molecular weight is 215 g/mol. The van der Waals surface area contributed by atoms with E-state index >= 15 is 0 Å². The molecule has 16 heavy (non-hydrogen) atoms. The van der Waals surface area contributed by atoms with E-state index in [1.54, 1.807) is 0 Å². The van der Waals surface area contributed by atoms with Crippen LogP contribution in [0, 0.1) is 0 Å². The molecule has 0 aromatic heterocycles. The third kappa shape index (κ3) is 4.73. The smallest absolute Gasteiger partial charge is 0.107 e. The number of hydrogen-bond donors (Lipinski definition) is 1. The van der Waals surface area contributed by atoms with E-state index in [4.69, 9.17) is 5.11 Å². The summed E-state index contributed by atoms with van der Waals surface area (Å²) in [6.07, 6.45) is 0. The first-order valence-corrected chi connectivity index (χ1v) is 5.13. The minimum atomic E-state index is -0.110. The monoisotopic (exact) mass is 215 g/mol. The van der Waals surface area contributed by atoms with E-state index in [1.807, 2.05) is 60.7 Å². The fraction of sp³-hybridized carbons (Fsp3) is 0.143. The lowest BCUT2D eigenvalue weighted by Crippen LogP contribution is -1.77. The predicted molar refractivity (Wildman–Crippen MR) is 63.2 cm³/mol. The maximum absolute atomic E-state index is 10.1. The third-order valence-electron chi connectivity index (χ3n) is 2.03. The van der Waals surface area contributed by atoms with Crippen LogP contribution in [0.15, 0.2) is 60.7 Å². The normalized spacial score (nSPS) is 9.12. The molecule has 1 N–H and O–H groups in total. The summed E-state index contributed by atoms with van der Waals surface area (Å²) >= 11 is 0. The third-order valence-corrected chi connectivity index (χ3v) is 2.03. The predicted octanol–water partition coefficient (Wildman–Crippen LogP) is 2.80. The van der Waals surface area contributed by atoms with E-state index in [9.17, 15) is 5.11 Å². The molecule has 0 unspecified atom stereocenters. The van der Waals surface area contributed by atoms with Crippen molar-refractivity contribution < 1.29 is 10.2 Å². The van der Waals surface area contributed by atoms with Crippen LogP contribution >= 0.6 is 0 Å². The topological polar surface area (TPSA) is 40.1 Å². The number of hydrogen-bond acceptors (Lipinski definition) is 1. The van der Waals surface area contributed by atoms with Gasteiger partial charge in [0.05, 0.1) is 6.61 Å². The minimum absolute atomic E-state index is 0.110. The largest absolute Gasteiger partial charge is 0.392 e. The standard InChI is InChI=1S/C7H8O.C7H7O/c2*8-6-7-4-2-1-3-5-7/h1-5,8H,6H2;1-5H,6H2. The van der Waals surface area contributed by atoms with Crippen LogP contribution in [0.4, 0.5) is 0 Å². The van der Waals surface area contributed by atoms with E-state index in [0.29, 0.717) is 0 Å². The Balaban J connectivity index is 0.000000160. The molecule has 0 aliphatic carbocycles. The first kappa shape index (κ1) is 12.4. The van der Waals surface area contributed by atoms with Gasteiger partial charge >= 0.3 is 0 Å². The van der Waals surface area contributed by atoms with Crippen LogP contribution in [-0.2, 0) is 18.3 Å². The van der Waals surface area contributed by atoms with Crippen molar-refractivity contribution in [1.82, 2.24) is 0 Å². The molecule has 2 rings (SSSR count). The number of benzene rings is 2. The summed E-state index contributed by atoms with van der Waals surface area (Å²) in [7, 11) is 0. The second kappa shape index (κ2) is 7.63. The molecule has 0 heterocycles. The van der Waals surface area contributed by atoms with Crippen LogP contribution in [0.5, 0.6) is 0 Å². The van der Waals surface area contributed by atoms with E-state index < -0.39 is 0 Å². The zero-order chi connectivity index (χ0) is 11.6. The summed E-state index contributed by atoms with van der Waals surface area (Å²) in [6.45, 7) is 0.0294. The van der Waals surface area contributed by atoms with Gasteiger partial charge in [-0.3, -0.25) is 0 Å². The van der Waals surface area contributed by atoms with E-state index in [1.165, 1.54) is 0 Å². The van der Waals surface area contributed by atoms with Crippen molar-refractivity contribution in [2.24, 2.45) is 0 Å². The van der Waals surface area contributed by atoms with Crippen molar-refractivity contribution in [3.63, 3.8) is 0 Å². The fourth-order valence-corrected chi connectivity index (χ4v) is 1.16. The molecule has 0 fully saturated rings. The second-order valence-electron chi connectivity index (χ2n) is 3.27. The van der Waals surface area contributed by atoms with E-state index in [2.05, 4.69) is 0 Å². The summed E-state index contributed by atoms with van der Waals surface area (Å²) in [4.78, 5) is 0. The molecule has 2 nitrogen and oxygen atoms in total. The van der Waals surface area contributed by atoms with Crippen LogP contribution in [0.2, 0.25) is 0 Å². The fourth-order valence-electron chi connectivity index (χ4n) is 1.16. The van der Waals surface area contributed by atoms with Gasteiger partial charge < -0.3 is 5.11 Å². The van der Waals surface area contributed by atoms with E-state index in [-0.39, 0.29) is 13.2 Å². The molecule has 0 saturated carbocycles. The Morgan fingerprint density at radius 2 is 1.19 bits per heavy atom. The lowest BCUT2D eigenvalue weighted by atomic mass is 10.2. The summed E-state index contributed by atoms with van der Waals surface area (Å²) in [5.74, 6) is 0. The zero-order valence-electron chi connectivity index (χ0n) is 9.04. The SMILES string of the molecule is OCc1ccccc1.[O]Cc1ccccc1. The first-order chi connectivity index (χ1) is 7.86. The number of aliphatic hydroxyl groups excluding tert-OH is 1. The van der Waals surface area contributed by atoms with Crippen molar-refractivity contribution in [3.8, 4) is 0 Å². The molecular formula is C14H15O2. The van der Waals surface area contributed by atoms with E-state index in [0.717, 1.165) is 11.1 Å². The highest BCUT2D eigenvalue weighted by Gasteiger charge is 1.83. The van der Waals surface area contributed by atoms with Gasteiger partial charge in [-0.2, -0.15) is 0 Å². The Morgan fingerprint density at radius 3 is 1.44 bits per heavy atom. The molecule has 2 heteroatoms. The Labute approximate surface area is 95.8 Å². The van der Waals surface area contributed by atoms with Crippen LogP contribution in [0.3, 0.4) is 0 Å². The molecule has 83 valence electrons. The summed E-state index contributed by atoms with van der Waals surface area (Å²) in [6, 6.07) is 18.8. The van der Waals surface area contributed by atoms with Gasteiger partial charge in [-0.05, 0) is 11.1 Å². The molecule has 0 saturated heterocycles. The van der Waals surface area contributed by atoms with Crippen molar-refractivity contribution in [1.29, 1.82) is 0 Å². The van der Waals surface area contributed by atoms with Crippen molar-refractivity contribution in [2.75, 3.05) is 0 Å². The van der Waals surface area contributed by atoms with Gasteiger partial charge in [0.15, 0.2) is 0 Å². The van der Waals surface area contributed by atoms with Crippen LogP contribution in [0.25, 0.3) is 0 Å². The zero-order valence-corrected chi connectivity index (χ0v) is 9.04. The van der Waals surface area contributed by atoms with Crippen molar-refractivity contribution in [3.05, 3.63) is 71.8 Å². The molecule has 0 amide bonds. The highest BCUT2D eigenvalue weighted by molar-refractivity contribution is 5.13. The Kier molecular flexibility index (Phi) is 5.92. The first-order valence-electron chi connectivity index (χ1n) is 5.13. The molecule has 0 aliphatic heterocycles.